The Morgan fingerprint density at radius 2 is 1.88 bits per heavy atom. The number of ether oxygens (including phenoxy) is 1. The van der Waals surface area contributed by atoms with Crippen molar-refractivity contribution in [1.29, 1.82) is 0 Å². The summed E-state index contributed by atoms with van der Waals surface area (Å²) >= 11 is 3.24. The van der Waals surface area contributed by atoms with Gasteiger partial charge in [-0.2, -0.15) is 0 Å². The molecule has 168 valence electrons. The number of halogens is 3. The Labute approximate surface area is 189 Å². The van der Waals surface area contributed by atoms with E-state index in [2.05, 4.69) is 20.9 Å². The molecule has 0 aliphatic carbocycles. The predicted octanol–water partition coefficient (Wildman–Crippen LogP) is 3.30. The highest BCUT2D eigenvalue weighted by molar-refractivity contribution is 9.10. The monoisotopic (exact) mass is 509 g/mol. The highest BCUT2D eigenvalue weighted by atomic mass is 79.9. The normalized spacial score (nSPS) is 11.8. The summed E-state index contributed by atoms with van der Waals surface area (Å²) in [6.07, 6.45) is -1.27. The lowest BCUT2D eigenvalue weighted by Crippen LogP contribution is -2.21. The number of amides is 2. The van der Waals surface area contributed by atoms with Crippen LogP contribution in [0.3, 0.4) is 0 Å². The van der Waals surface area contributed by atoms with Crippen molar-refractivity contribution in [1.82, 2.24) is 9.88 Å². The molecule has 2 amide bonds. The van der Waals surface area contributed by atoms with Crippen molar-refractivity contribution in [3.8, 4) is 17.0 Å². The predicted molar refractivity (Wildman–Crippen MR) is 113 cm³/mol. The number of hydrogen-bond acceptors (Lipinski definition) is 6. The van der Waals surface area contributed by atoms with Crippen molar-refractivity contribution in [3.63, 3.8) is 0 Å². The van der Waals surface area contributed by atoms with Gasteiger partial charge in [-0.1, -0.05) is 12.1 Å². The molecule has 1 aromatic heterocycles. The zero-order valence-corrected chi connectivity index (χ0v) is 18.5. The van der Waals surface area contributed by atoms with E-state index in [-0.39, 0.29) is 16.5 Å². The zero-order chi connectivity index (χ0) is 23.6. The molecule has 8 nitrogen and oxygen atoms in total. The lowest BCUT2D eigenvalue weighted by molar-refractivity contribution is 0.0827. The van der Waals surface area contributed by atoms with Crippen LogP contribution in [0.4, 0.5) is 8.78 Å². The van der Waals surface area contributed by atoms with Gasteiger partial charge in [0, 0.05) is 25.2 Å². The minimum absolute atomic E-state index is 0.104. The molecule has 1 heterocycles. The number of nitrogens with two attached hydrogens (primary N) is 1. The molecule has 0 aliphatic rings. The molecule has 0 bridgehead atoms. The van der Waals surface area contributed by atoms with E-state index < -0.39 is 41.6 Å². The average Bonchev–Trinajstić information content (AvgIpc) is 3.14. The Balaban J connectivity index is 1.89. The van der Waals surface area contributed by atoms with Crippen LogP contribution in [-0.2, 0) is 0 Å². The minimum atomic E-state index is -1.30. The molecule has 3 N–H and O–H groups in total. The maximum atomic E-state index is 14.5. The van der Waals surface area contributed by atoms with Gasteiger partial charge in [-0.05, 0) is 40.2 Å². The van der Waals surface area contributed by atoms with Gasteiger partial charge in [0.05, 0.1) is 6.61 Å². The van der Waals surface area contributed by atoms with Crippen molar-refractivity contribution in [2.45, 2.75) is 6.10 Å². The van der Waals surface area contributed by atoms with Crippen LogP contribution in [0.2, 0.25) is 0 Å². The largest absolute Gasteiger partial charge is 0.475 e. The van der Waals surface area contributed by atoms with Crippen LogP contribution in [0.25, 0.3) is 11.3 Å². The van der Waals surface area contributed by atoms with Crippen molar-refractivity contribution >= 4 is 27.7 Å². The molecule has 0 saturated carbocycles. The van der Waals surface area contributed by atoms with E-state index in [1.807, 2.05) is 0 Å². The van der Waals surface area contributed by atoms with Gasteiger partial charge >= 0.3 is 0 Å². The van der Waals surface area contributed by atoms with Crippen molar-refractivity contribution < 1.29 is 32.6 Å². The maximum Gasteiger partial charge on any atom is 0.254 e. The SMILES string of the molecule is CN(C)C(=O)c1ccc(-c2nc(C(CO)Oc3ccc(F)c(C(N)=O)c3F)oc2Br)cc1. The Morgan fingerprint density at radius 3 is 2.44 bits per heavy atom. The Morgan fingerprint density at radius 1 is 1.22 bits per heavy atom. The van der Waals surface area contributed by atoms with E-state index in [0.29, 0.717) is 16.8 Å². The average molecular weight is 510 g/mol. The summed E-state index contributed by atoms with van der Waals surface area (Å²) in [4.78, 5) is 29.1. The zero-order valence-electron chi connectivity index (χ0n) is 16.9. The number of oxazole rings is 1. The highest BCUT2D eigenvalue weighted by Gasteiger charge is 2.26. The number of carbonyl (C=O) groups excluding carboxylic acids is 2. The molecule has 1 unspecified atom stereocenters. The first-order valence-electron chi connectivity index (χ1n) is 9.17. The maximum absolute atomic E-state index is 14.5. The minimum Gasteiger partial charge on any atom is -0.475 e. The number of benzene rings is 2. The van der Waals surface area contributed by atoms with Crippen LogP contribution in [-0.4, -0.2) is 47.5 Å². The first kappa shape index (κ1) is 23.4. The van der Waals surface area contributed by atoms with Crippen LogP contribution in [0.1, 0.15) is 32.7 Å². The first-order valence-corrected chi connectivity index (χ1v) is 9.97. The fourth-order valence-electron chi connectivity index (χ4n) is 2.83. The van der Waals surface area contributed by atoms with Gasteiger partial charge in [0.1, 0.15) is 17.1 Å². The summed E-state index contributed by atoms with van der Waals surface area (Å²) < 4.78 is 39.2. The number of aromatic nitrogens is 1. The Bertz CT molecular complexity index is 1160. The molecule has 0 fully saturated rings. The third kappa shape index (κ3) is 4.63. The summed E-state index contributed by atoms with van der Waals surface area (Å²) in [5, 5.41) is 9.71. The van der Waals surface area contributed by atoms with E-state index in [0.717, 1.165) is 12.1 Å². The Kier molecular flexibility index (Phi) is 6.90. The molecule has 0 radical (unpaired) electrons. The first-order chi connectivity index (χ1) is 15.1. The molecular weight excluding hydrogens is 492 g/mol. The number of hydrogen-bond donors (Lipinski definition) is 2. The fourth-order valence-corrected chi connectivity index (χ4v) is 3.31. The molecular formula is C21H18BrF2N3O5. The van der Waals surface area contributed by atoms with E-state index in [1.54, 1.807) is 38.4 Å². The summed E-state index contributed by atoms with van der Waals surface area (Å²) in [5.41, 5.74) is 5.48. The molecule has 2 aromatic carbocycles. The molecule has 0 spiro atoms. The van der Waals surface area contributed by atoms with Gasteiger partial charge < -0.3 is 24.9 Å². The van der Waals surface area contributed by atoms with Crippen molar-refractivity contribution in [2.75, 3.05) is 20.7 Å². The third-order valence-corrected chi connectivity index (χ3v) is 4.96. The second-order valence-corrected chi connectivity index (χ2v) is 7.56. The lowest BCUT2D eigenvalue weighted by atomic mass is 10.1. The second kappa shape index (κ2) is 9.45. The molecule has 3 rings (SSSR count). The van der Waals surface area contributed by atoms with Crippen LogP contribution < -0.4 is 10.5 Å². The molecule has 32 heavy (non-hydrogen) atoms. The van der Waals surface area contributed by atoms with Crippen LogP contribution in [0.15, 0.2) is 45.5 Å². The van der Waals surface area contributed by atoms with E-state index in [9.17, 15) is 23.5 Å². The van der Waals surface area contributed by atoms with E-state index >= 15 is 0 Å². The van der Waals surface area contributed by atoms with Crippen LogP contribution in [0, 0.1) is 11.6 Å². The lowest BCUT2D eigenvalue weighted by Gasteiger charge is -2.15. The van der Waals surface area contributed by atoms with Gasteiger partial charge in [-0.25, -0.2) is 13.8 Å². The molecule has 11 heteroatoms. The molecule has 0 aliphatic heterocycles. The number of rotatable bonds is 7. The third-order valence-electron chi connectivity index (χ3n) is 4.43. The molecule has 3 aromatic rings. The van der Waals surface area contributed by atoms with Gasteiger partial charge in [-0.3, -0.25) is 9.59 Å². The van der Waals surface area contributed by atoms with Gasteiger partial charge in [0.15, 0.2) is 22.3 Å². The number of primary amides is 1. The highest BCUT2D eigenvalue weighted by Crippen LogP contribution is 2.33. The van der Waals surface area contributed by atoms with Crippen LogP contribution >= 0.6 is 15.9 Å². The summed E-state index contributed by atoms with van der Waals surface area (Å²) in [7, 11) is 3.28. The number of aliphatic hydroxyl groups excluding tert-OH is 1. The van der Waals surface area contributed by atoms with E-state index in [1.165, 1.54) is 4.90 Å². The Hall–Kier alpha value is -3.31. The molecule has 1 atom stereocenters. The smallest absolute Gasteiger partial charge is 0.254 e. The van der Waals surface area contributed by atoms with Crippen molar-refractivity contribution in [2.24, 2.45) is 5.73 Å². The summed E-state index contributed by atoms with van der Waals surface area (Å²) in [5.74, 6) is -4.53. The van der Waals surface area contributed by atoms with Crippen LogP contribution in [0.5, 0.6) is 5.75 Å². The van der Waals surface area contributed by atoms with Gasteiger partial charge in [-0.15, -0.1) is 0 Å². The van der Waals surface area contributed by atoms with Gasteiger partial charge in [0.25, 0.3) is 11.8 Å². The quantitative estimate of drug-likeness (QED) is 0.504. The topological polar surface area (TPSA) is 119 Å². The summed E-state index contributed by atoms with van der Waals surface area (Å²) in [6.45, 7) is -0.661. The number of nitrogens with zero attached hydrogens (tertiary/aromatic N) is 2. The number of aliphatic hydroxyl groups is 1. The number of carbonyl (C=O) groups is 2. The fraction of sp³-hybridized carbons (Fsp3) is 0.190. The van der Waals surface area contributed by atoms with E-state index in [4.69, 9.17) is 14.9 Å². The second-order valence-electron chi connectivity index (χ2n) is 6.84. The van der Waals surface area contributed by atoms with Crippen molar-refractivity contribution in [3.05, 3.63) is 69.7 Å². The summed E-state index contributed by atoms with van der Waals surface area (Å²) in [6, 6.07) is 8.35. The standard InChI is InChI=1S/C21H18BrF2N3O5/c1-27(2)21(30)11-5-3-10(4-6-11)17-18(22)32-20(26-17)14(9-28)31-13-8-7-12(23)15(16(13)24)19(25)29/h3-8,14,28H,9H2,1-2H3,(H2,25,29). The van der Waals surface area contributed by atoms with Gasteiger partial charge in [0.2, 0.25) is 5.89 Å². The molecule has 0 saturated heterocycles.